The number of ketones is 1. The fraction of sp³-hybridized carbons (Fsp3) is 0.700. The first-order valence-corrected chi connectivity index (χ1v) is 4.33. The number of Topliss-reactive ketones (excluding diaryl/α,β-unsaturated/α-hetero) is 1. The molecular formula is C10H16O2. The lowest BCUT2D eigenvalue weighted by Crippen LogP contribution is -2.34. The highest BCUT2D eigenvalue weighted by atomic mass is 16.3. The molecule has 0 spiro atoms. The average molecular weight is 168 g/mol. The van der Waals surface area contributed by atoms with Crippen molar-refractivity contribution in [2.45, 2.75) is 39.2 Å². The first-order chi connectivity index (χ1) is 5.41. The number of hydrogen-bond donors (Lipinski definition) is 1. The van der Waals surface area contributed by atoms with Crippen molar-refractivity contribution in [2.75, 3.05) is 0 Å². The van der Waals surface area contributed by atoms with Crippen LogP contribution in [0.5, 0.6) is 0 Å². The largest absolute Gasteiger partial charge is 0.390 e. The van der Waals surface area contributed by atoms with Crippen molar-refractivity contribution in [1.82, 2.24) is 0 Å². The molecule has 0 heterocycles. The van der Waals surface area contributed by atoms with Crippen LogP contribution in [-0.4, -0.2) is 16.5 Å². The van der Waals surface area contributed by atoms with Crippen LogP contribution in [0.15, 0.2) is 11.6 Å². The fourth-order valence-electron chi connectivity index (χ4n) is 1.44. The molecule has 0 aromatic carbocycles. The molecule has 1 aliphatic rings. The maximum Gasteiger partial charge on any atom is 0.158 e. The second-order valence-electron chi connectivity index (χ2n) is 4.10. The second kappa shape index (κ2) is 3.02. The maximum atomic E-state index is 11.3. The first kappa shape index (κ1) is 9.46. The molecule has 1 rings (SSSR count). The van der Waals surface area contributed by atoms with Gasteiger partial charge in [-0.15, -0.1) is 0 Å². The van der Waals surface area contributed by atoms with Gasteiger partial charge in [0.05, 0.1) is 5.60 Å². The van der Waals surface area contributed by atoms with Gasteiger partial charge in [-0.25, -0.2) is 0 Å². The van der Waals surface area contributed by atoms with Crippen LogP contribution in [-0.2, 0) is 4.79 Å². The Balaban J connectivity index is 2.72. The lowest BCUT2D eigenvalue weighted by atomic mass is 9.79. The summed E-state index contributed by atoms with van der Waals surface area (Å²) in [6, 6.07) is 0. The fourth-order valence-corrected chi connectivity index (χ4v) is 1.44. The normalized spacial score (nSPS) is 25.5. The summed E-state index contributed by atoms with van der Waals surface area (Å²) >= 11 is 0. The summed E-state index contributed by atoms with van der Waals surface area (Å²) < 4.78 is 0. The predicted octanol–water partition coefficient (Wildman–Crippen LogP) is 1.68. The predicted molar refractivity (Wildman–Crippen MR) is 47.8 cm³/mol. The van der Waals surface area contributed by atoms with E-state index in [0.29, 0.717) is 6.42 Å². The lowest BCUT2D eigenvalue weighted by molar-refractivity contribution is -0.119. The van der Waals surface area contributed by atoms with E-state index >= 15 is 0 Å². The monoisotopic (exact) mass is 168 g/mol. The van der Waals surface area contributed by atoms with Crippen molar-refractivity contribution in [3.8, 4) is 0 Å². The van der Waals surface area contributed by atoms with Crippen molar-refractivity contribution >= 4 is 5.78 Å². The molecule has 0 aromatic rings. The van der Waals surface area contributed by atoms with Crippen LogP contribution in [0.2, 0.25) is 0 Å². The molecule has 1 aliphatic carbocycles. The van der Waals surface area contributed by atoms with Crippen LogP contribution in [0.3, 0.4) is 0 Å². The third-order valence-corrected chi connectivity index (χ3v) is 2.58. The van der Waals surface area contributed by atoms with Crippen LogP contribution in [0, 0.1) is 5.92 Å². The zero-order chi connectivity index (χ0) is 9.35. The molecule has 0 aliphatic heterocycles. The van der Waals surface area contributed by atoms with Crippen molar-refractivity contribution < 1.29 is 9.90 Å². The van der Waals surface area contributed by atoms with Gasteiger partial charge in [-0.2, -0.15) is 0 Å². The molecule has 0 bridgehead atoms. The van der Waals surface area contributed by atoms with E-state index in [1.807, 2.05) is 13.0 Å². The smallest absolute Gasteiger partial charge is 0.158 e. The minimum absolute atomic E-state index is 0.0914. The number of allylic oxidation sites excluding steroid dienone is 2. The van der Waals surface area contributed by atoms with Gasteiger partial charge in [-0.1, -0.05) is 6.08 Å². The molecule has 1 atom stereocenters. The molecule has 2 heteroatoms. The molecule has 0 amide bonds. The summed E-state index contributed by atoms with van der Waals surface area (Å²) in [5, 5.41) is 9.66. The quantitative estimate of drug-likeness (QED) is 0.646. The molecule has 0 saturated heterocycles. The zero-order valence-electron chi connectivity index (χ0n) is 7.92. The van der Waals surface area contributed by atoms with Gasteiger partial charge < -0.3 is 5.11 Å². The van der Waals surface area contributed by atoms with Crippen molar-refractivity contribution in [2.24, 2.45) is 5.92 Å². The van der Waals surface area contributed by atoms with Crippen LogP contribution >= 0.6 is 0 Å². The van der Waals surface area contributed by atoms with Gasteiger partial charge in [0.25, 0.3) is 0 Å². The molecule has 1 N–H and O–H groups in total. The van der Waals surface area contributed by atoms with E-state index in [9.17, 15) is 9.90 Å². The number of carbonyl (C=O) groups excluding carboxylic acids is 1. The second-order valence-corrected chi connectivity index (χ2v) is 4.10. The minimum Gasteiger partial charge on any atom is -0.390 e. The number of rotatable bonds is 1. The lowest BCUT2D eigenvalue weighted by Gasteiger charge is -2.30. The topological polar surface area (TPSA) is 37.3 Å². The van der Waals surface area contributed by atoms with Crippen molar-refractivity contribution in [1.29, 1.82) is 0 Å². The van der Waals surface area contributed by atoms with E-state index in [1.54, 1.807) is 13.8 Å². The van der Waals surface area contributed by atoms with E-state index < -0.39 is 5.60 Å². The molecule has 2 nitrogen and oxygen atoms in total. The number of carbonyl (C=O) groups is 1. The van der Waals surface area contributed by atoms with Gasteiger partial charge in [-0.05, 0) is 38.7 Å². The summed E-state index contributed by atoms with van der Waals surface area (Å²) in [4.78, 5) is 11.3. The highest BCUT2D eigenvalue weighted by Gasteiger charge is 2.30. The SMILES string of the molecule is CC1=CCC(C(C)(C)O)CC1=O. The van der Waals surface area contributed by atoms with Gasteiger partial charge in [0.15, 0.2) is 5.78 Å². The van der Waals surface area contributed by atoms with Gasteiger partial charge >= 0.3 is 0 Å². The van der Waals surface area contributed by atoms with E-state index in [4.69, 9.17) is 0 Å². The summed E-state index contributed by atoms with van der Waals surface area (Å²) in [5.41, 5.74) is 0.114. The molecular weight excluding hydrogens is 152 g/mol. The first-order valence-electron chi connectivity index (χ1n) is 4.33. The Morgan fingerprint density at radius 3 is 2.58 bits per heavy atom. The standard InChI is InChI=1S/C10H16O2/c1-7-4-5-8(6-9(7)11)10(2,3)12/h4,8,12H,5-6H2,1-3H3. The summed E-state index contributed by atoms with van der Waals surface area (Å²) in [7, 11) is 0. The molecule has 0 radical (unpaired) electrons. The molecule has 0 fully saturated rings. The average Bonchev–Trinajstić information content (AvgIpc) is 1.92. The zero-order valence-corrected chi connectivity index (χ0v) is 7.92. The third-order valence-electron chi connectivity index (χ3n) is 2.58. The van der Waals surface area contributed by atoms with Crippen LogP contribution in [0.25, 0.3) is 0 Å². The van der Waals surface area contributed by atoms with E-state index in [1.165, 1.54) is 0 Å². The van der Waals surface area contributed by atoms with E-state index in [-0.39, 0.29) is 11.7 Å². The third kappa shape index (κ3) is 1.95. The Labute approximate surface area is 73.3 Å². The van der Waals surface area contributed by atoms with E-state index in [2.05, 4.69) is 0 Å². The van der Waals surface area contributed by atoms with E-state index in [0.717, 1.165) is 12.0 Å². The van der Waals surface area contributed by atoms with Crippen LogP contribution < -0.4 is 0 Å². The summed E-state index contributed by atoms with van der Waals surface area (Å²) in [6.07, 6.45) is 3.24. The Hall–Kier alpha value is -0.630. The number of hydrogen-bond acceptors (Lipinski definition) is 2. The molecule has 68 valence electrons. The molecule has 12 heavy (non-hydrogen) atoms. The Morgan fingerprint density at radius 2 is 2.17 bits per heavy atom. The van der Waals surface area contributed by atoms with Crippen LogP contribution in [0.1, 0.15) is 33.6 Å². The molecule has 0 saturated carbocycles. The Morgan fingerprint density at radius 1 is 1.58 bits per heavy atom. The maximum absolute atomic E-state index is 11.3. The van der Waals surface area contributed by atoms with Gasteiger partial charge in [0, 0.05) is 6.42 Å². The summed E-state index contributed by atoms with van der Waals surface area (Å²) in [6.45, 7) is 5.36. The number of aliphatic hydroxyl groups is 1. The van der Waals surface area contributed by atoms with Crippen molar-refractivity contribution in [3.63, 3.8) is 0 Å². The minimum atomic E-state index is -0.729. The van der Waals surface area contributed by atoms with Gasteiger partial charge in [-0.3, -0.25) is 4.79 Å². The highest BCUT2D eigenvalue weighted by Crippen LogP contribution is 2.29. The van der Waals surface area contributed by atoms with Crippen LogP contribution in [0.4, 0.5) is 0 Å². The highest BCUT2D eigenvalue weighted by molar-refractivity contribution is 5.95. The molecule has 0 aromatic heterocycles. The summed E-state index contributed by atoms with van der Waals surface area (Å²) in [5.74, 6) is 0.266. The Kier molecular flexibility index (Phi) is 2.38. The molecule has 1 unspecified atom stereocenters. The van der Waals surface area contributed by atoms with Gasteiger partial charge in [0.2, 0.25) is 0 Å². The van der Waals surface area contributed by atoms with Gasteiger partial charge in [0.1, 0.15) is 0 Å². The Bertz CT molecular complexity index is 220. The van der Waals surface area contributed by atoms with Crippen molar-refractivity contribution in [3.05, 3.63) is 11.6 Å².